The van der Waals surface area contributed by atoms with Gasteiger partial charge in [0.2, 0.25) is 0 Å². The topological polar surface area (TPSA) is 109 Å². The van der Waals surface area contributed by atoms with E-state index in [0.29, 0.717) is 47.5 Å². The first kappa shape index (κ1) is 28.0. The SMILES string of the molecule is COc1cccc(CNC(=O)c2ccccc2-c2ccccc2C(=O)N(CCC(=O)O)CCc2ccncc2)c1. The molecule has 40 heavy (non-hydrogen) atoms. The maximum Gasteiger partial charge on any atom is 0.305 e. The second-order valence-electron chi connectivity index (χ2n) is 9.17. The Morgan fingerprint density at radius 3 is 2.20 bits per heavy atom. The Labute approximate surface area is 233 Å². The highest BCUT2D eigenvalue weighted by Crippen LogP contribution is 2.28. The molecular formula is C32H31N3O5. The van der Waals surface area contributed by atoms with Crippen LogP contribution in [-0.4, -0.2) is 53.0 Å². The van der Waals surface area contributed by atoms with Crippen molar-refractivity contribution in [1.29, 1.82) is 0 Å². The third-order valence-corrected chi connectivity index (χ3v) is 6.51. The first-order valence-corrected chi connectivity index (χ1v) is 13.0. The molecule has 0 aliphatic heterocycles. The van der Waals surface area contributed by atoms with Gasteiger partial charge in [-0.25, -0.2) is 0 Å². The van der Waals surface area contributed by atoms with Gasteiger partial charge in [-0.1, -0.05) is 48.5 Å². The number of nitrogens with one attached hydrogen (secondary N) is 1. The number of aliphatic carboxylic acids is 1. The molecule has 0 bridgehead atoms. The van der Waals surface area contributed by atoms with Crippen molar-refractivity contribution in [1.82, 2.24) is 15.2 Å². The molecule has 0 atom stereocenters. The summed E-state index contributed by atoms with van der Waals surface area (Å²) in [5.74, 6) is -0.845. The van der Waals surface area contributed by atoms with E-state index in [2.05, 4.69) is 10.3 Å². The van der Waals surface area contributed by atoms with Gasteiger partial charge in [0.05, 0.1) is 13.5 Å². The lowest BCUT2D eigenvalue weighted by Gasteiger charge is -2.24. The van der Waals surface area contributed by atoms with Crippen molar-refractivity contribution in [2.24, 2.45) is 0 Å². The minimum atomic E-state index is -0.979. The number of carbonyl (C=O) groups is 3. The Morgan fingerprint density at radius 2 is 1.50 bits per heavy atom. The van der Waals surface area contributed by atoms with E-state index >= 15 is 0 Å². The quantitative estimate of drug-likeness (QED) is 0.268. The molecule has 1 heterocycles. The summed E-state index contributed by atoms with van der Waals surface area (Å²) >= 11 is 0. The van der Waals surface area contributed by atoms with Gasteiger partial charge in [-0.05, 0) is 65.1 Å². The number of pyridine rings is 1. The normalized spacial score (nSPS) is 10.5. The first-order chi connectivity index (χ1) is 19.5. The molecule has 0 saturated carbocycles. The number of carboxylic acids is 1. The van der Waals surface area contributed by atoms with E-state index in [0.717, 1.165) is 11.1 Å². The minimum Gasteiger partial charge on any atom is -0.497 e. The van der Waals surface area contributed by atoms with Crippen LogP contribution in [0.4, 0.5) is 0 Å². The van der Waals surface area contributed by atoms with Crippen molar-refractivity contribution in [3.05, 3.63) is 120 Å². The second-order valence-corrected chi connectivity index (χ2v) is 9.17. The predicted molar refractivity (Wildman–Crippen MR) is 152 cm³/mol. The van der Waals surface area contributed by atoms with Crippen LogP contribution in [0, 0.1) is 0 Å². The molecule has 2 N–H and O–H groups in total. The number of ether oxygens (including phenoxy) is 1. The smallest absolute Gasteiger partial charge is 0.305 e. The molecule has 8 heteroatoms. The number of benzene rings is 3. The fourth-order valence-electron chi connectivity index (χ4n) is 4.41. The van der Waals surface area contributed by atoms with E-state index in [1.165, 1.54) is 0 Å². The van der Waals surface area contributed by atoms with Gasteiger partial charge in [0.25, 0.3) is 11.8 Å². The van der Waals surface area contributed by atoms with Crippen LogP contribution in [-0.2, 0) is 17.8 Å². The highest BCUT2D eigenvalue weighted by atomic mass is 16.5. The van der Waals surface area contributed by atoms with Gasteiger partial charge in [-0.15, -0.1) is 0 Å². The number of nitrogens with zero attached hydrogens (tertiary/aromatic N) is 2. The zero-order valence-electron chi connectivity index (χ0n) is 22.2. The molecule has 0 radical (unpaired) electrons. The molecule has 0 fully saturated rings. The molecule has 204 valence electrons. The number of rotatable bonds is 12. The molecule has 0 spiro atoms. The predicted octanol–water partition coefficient (Wildman–Crippen LogP) is 4.85. The number of hydrogen-bond donors (Lipinski definition) is 2. The highest BCUT2D eigenvalue weighted by Gasteiger charge is 2.22. The maximum absolute atomic E-state index is 13.8. The number of carbonyl (C=O) groups excluding carboxylic acids is 2. The summed E-state index contributed by atoms with van der Waals surface area (Å²) in [6.45, 7) is 0.715. The van der Waals surface area contributed by atoms with Crippen LogP contribution in [0.15, 0.2) is 97.3 Å². The summed E-state index contributed by atoms with van der Waals surface area (Å²) in [7, 11) is 1.59. The molecule has 4 aromatic rings. The Bertz CT molecular complexity index is 1470. The molecular weight excluding hydrogens is 506 g/mol. The zero-order valence-corrected chi connectivity index (χ0v) is 22.2. The average molecular weight is 538 g/mol. The Balaban J connectivity index is 1.59. The lowest BCUT2D eigenvalue weighted by Crippen LogP contribution is -2.35. The number of carboxylic acid groups (broad SMARTS) is 1. The number of aromatic nitrogens is 1. The van der Waals surface area contributed by atoms with Crippen LogP contribution in [0.2, 0.25) is 0 Å². The average Bonchev–Trinajstić information content (AvgIpc) is 3.00. The van der Waals surface area contributed by atoms with Crippen molar-refractivity contribution in [2.45, 2.75) is 19.4 Å². The fraction of sp³-hybridized carbons (Fsp3) is 0.188. The molecule has 0 unspecified atom stereocenters. The van der Waals surface area contributed by atoms with Gasteiger partial charge < -0.3 is 20.1 Å². The number of hydrogen-bond acceptors (Lipinski definition) is 5. The Kier molecular flexibility index (Phi) is 9.61. The van der Waals surface area contributed by atoms with Gasteiger partial charge in [0.1, 0.15) is 5.75 Å². The molecule has 2 amide bonds. The summed E-state index contributed by atoms with van der Waals surface area (Å²) in [5, 5.41) is 12.3. The maximum atomic E-state index is 13.8. The standard InChI is InChI=1S/C32H31N3O5/c1-40-25-8-6-7-24(21-25)22-34-31(38)28-11-4-2-9-26(28)27-10-3-5-12-29(27)32(39)35(20-16-30(36)37)19-15-23-13-17-33-18-14-23/h2-14,17-18,21H,15-16,19-20,22H2,1H3,(H,34,38)(H,36,37). The summed E-state index contributed by atoms with van der Waals surface area (Å²) < 4.78 is 5.27. The van der Waals surface area contributed by atoms with E-state index in [1.807, 2.05) is 54.6 Å². The molecule has 3 aromatic carbocycles. The van der Waals surface area contributed by atoms with Crippen LogP contribution in [0.3, 0.4) is 0 Å². The van der Waals surface area contributed by atoms with Crippen molar-refractivity contribution >= 4 is 17.8 Å². The lowest BCUT2D eigenvalue weighted by molar-refractivity contribution is -0.137. The summed E-state index contributed by atoms with van der Waals surface area (Å²) in [4.78, 5) is 44.1. The molecule has 8 nitrogen and oxygen atoms in total. The third-order valence-electron chi connectivity index (χ3n) is 6.51. The van der Waals surface area contributed by atoms with E-state index in [9.17, 15) is 19.5 Å². The molecule has 1 aromatic heterocycles. The summed E-state index contributed by atoms with van der Waals surface area (Å²) in [5.41, 5.74) is 3.93. The monoisotopic (exact) mass is 537 g/mol. The van der Waals surface area contributed by atoms with Crippen LogP contribution < -0.4 is 10.1 Å². The third kappa shape index (κ3) is 7.32. The highest BCUT2D eigenvalue weighted by molar-refractivity contribution is 6.06. The minimum absolute atomic E-state index is 0.0657. The van der Waals surface area contributed by atoms with E-state index in [1.54, 1.807) is 54.7 Å². The Morgan fingerprint density at radius 1 is 0.825 bits per heavy atom. The van der Waals surface area contributed by atoms with Gasteiger partial charge in [-0.3, -0.25) is 19.4 Å². The van der Waals surface area contributed by atoms with Crippen molar-refractivity contribution in [3.63, 3.8) is 0 Å². The first-order valence-electron chi connectivity index (χ1n) is 13.0. The fourth-order valence-corrected chi connectivity index (χ4v) is 4.41. The van der Waals surface area contributed by atoms with E-state index < -0.39 is 5.97 Å². The van der Waals surface area contributed by atoms with Gasteiger partial charge in [0, 0.05) is 43.2 Å². The molecule has 4 rings (SSSR count). The van der Waals surface area contributed by atoms with Gasteiger partial charge in [0.15, 0.2) is 0 Å². The Hall–Kier alpha value is -4.98. The lowest BCUT2D eigenvalue weighted by atomic mass is 9.94. The van der Waals surface area contributed by atoms with Crippen LogP contribution >= 0.6 is 0 Å². The van der Waals surface area contributed by atoms with Gasteiger partial charge in [-0.2, -0.15) is 0 Å². The molecule has 0 saturated heterocycles. The van der Waals surface area contributed by atoms with Crippen molar-refractivity contribution in [2.75, 3.05) is 20.2 Å². The molecule has 0 aliphatic carbocycles. The molecule has 0 aliphatic rings. The summed E-state index contributed by atoms with van der Waals surface area (Å²) in [6, 6.07) is 25.4. The second kappa shape index (κ2) is 13.7. The summed E-state index contributed by atoms with van der Waals surface area (Å²) in [6.07, 6.45) is 3.75. The largest absolute Gasteiger partial charge is 0.497 e. The van der Waals surface area contributed by atoms with E-state index in [-0.39, 0.29) is 24.8 Å². The van der Waals surface area contributed by atoms with Gasteiger partial charge >= 0.3 is 5.97 Å². The van der Waals surface area contributed by atoms with Crippen molar-refractivity contribution in [3.8, 4) is 16.9 Å². The van der Waals surface area contributed by atoms with Crippen LogP contribution in [0.25, 0.3) is 11.1 Å². The van der Waals surface area contributed by atoms with Crippen LogP contribution in [0.5, 0.6) is 5.75 Å². The van der Waals surface area contributed by atoms with E-state index in [4.69, 9.17) is 4.74 Å². The number of methoxy groups -OCH3 is 1. The number of amides is 2. The van der Waals surface area contributed by atoms with Crippen LogP contribution in [0.1, 0.15) is 38.3 Å². The van der Waals surface area contributed by atoms with Crippen molar-refractivity contribution < 1.29 is 24.2 Å². The zero-order chi connectivity index (χ0) is 28.3.